The first-order valence-corrected chi connectivity index (χ1v) is 4.69. The molecule has 0 aliphatic rings. The van der Waals surface area contributed by atoms with Crippen molar-refractivity contribution in [1.82, 2.24) is 15.1 Å². The molecule has 1 heterocycles. The molecule has 15 heavy (non-hydrogen) atoms. The molecule has 1 aromatic rings. The average Bonchev–Trinajstić information content (AvgIpc) is 2.58. The van der Waals surface area contributed by atoms with Gasteiger partial charge in [0.2, 0.25) is 0 Å². The summed E-state index contributed by atoms with van der Waals surface area (Å²) in [5.41, 5.74) is 1.31. The molecule has 0 saturated carbocycles. The van der Waals surface area contributed by atoms with Crippen LogP contribution >= 0.6 is 0 Å². The highest BCUT2D eigenvalue weighted by Crippen LogP contribution is 1.96. The zero-order valence-electron chi connectivity index (χ0n) is 8.73. The van der Waals surface area contributed by atoms with Gasteiger partial charge in [0.05, 0.1) is 6.20 Å². The Labute approximate surface area is 88.4 Å². The van der Waals surface area contributed by atoms with Gasteiger partial charge >= 0.3 is 5.97 Å². The summed E-state index contributed by atoms with van der Waals surface area (Å²) in [6.07, 6.45) is 4.57. The number of nitrogens with one attached hydrogen (secondary N) is 1. The van der Waals surface area contributed by atoms with Gasteiger partial charge in [-0.2, -0.15) is 5.10 Å². The summed E-state index contributed by atoms with van der Waals surface area (Å²) >= 11 is 0. The lowest BCUT2D eigenvalue weighted by Gasteiger charge is -2.02. The van der Waals surface area contributed by atoms with Gasteiger partial charge in [0.1, 0.15) is 0 Å². The molecule has 0 aliphatic heterocycles. The molecular weight excluding hydrogens is 194 g/mol. The third-order valence-electron chi connectivity index (χ3n) is 1.99. The third kappa shape index (κ3) is 3.95. The summed E-state index contributed by atoms with van der Waals surface area (Å²) in [6.45, 7) is 4.46. The van der Waals surface area contributed by atoms with Gasteiger partial charge in [-0.05, 0) is 18.5 Å². The highest BCUT2D eigenvalue weighted by molar-refractivity contribution is 5.86. The van der Waals surface area contributed by atoms with Gasteiger partial charge in [-0.3, -0.25) is 4.68 Å². The highest BCUT2D eigenvalue weighted by atomic mass is 16.4. The number of nitrogens with zero attached hydrogens (tertiary/aromatic N) is 2. The van der Waals surface area contributed by atoms with E-state index in [1.165, 1.54) is 0 Å². The van der Waals surface area contributed by atoms with Crippen molar-refractivity contribution in [3.8, 4) is 0 Å². The van der Waals surface area contributed by atoms with E-state index < -0.39 is 5.97 Å². The minimum atomic E-state index is -0.955. The summed E-state index contributed by atoms with van der Waals surface area (Å²) in [7, 11) is 1.86. The first-order valence-electron chi connectivity index (χ1n) is 4.69. The van der Waals surface area contributed by atoms with Gasteiger partial charge in [0.15, 0.2) is 0 Å². The van der Waals surface area contributed by atoms with E-state index in [2.05, 4.69) is 17.0 Å². The fourth-order valence-electron chi connectivity index (χ4n) is 1.15. The number of aliphatic carboxylic acids is 1. The van der Waals surface area contributed by atoms with Crippen molar-refractivity contribution < 1.29 is 9.90 Å². The Kier molecular flexibility index (Phi) is 4.05. The smallest absolute Gasteiger partial charge is 0.332 e. The lowest BCUT2D eigenvalue weighted by atomic mass is 10.2. The van der Waals surface area contributed by atoms with Crippen LogP contribution in [0.2, 0.25) is 0 Å². The molecule has 5 nitrogen and oxygen atoms in total. The summed E-state index contributed by atoms with van der Waals surface area (Å²) in [5, 5.41) is 15.6. The number of aromatic nitrogens is 2. The summed E-state index contributed by atoms with van der Waals surface area (Å²) in [4.78, 5) is 10.4. The normalized spacial score (nSPS) is 10.2. The molecule has 82 valence electrons. The Balaban J connectivity index is 2.17. The van der Waals surface area contributed by atoms with Crippen LogP contribution in [0.4, 0.5) is 0 Å². The second kappa shape index (κ2) is 5.31. The van der Waals surface area contributed by atoms with E-state index >= 15 is 0 Å². The molecule has 1 rings (SSSR count). The Morgan fingerprint density at radius 3 is 3.00 bits per heavy atom. The van der Waals surface area contributed by atoms with Gasteiger partial charge in [-0.15, -0.1) is 0 Å². The molecule has 5 heteroatoms. The first-order chi connectivity index (χ1) is 7.09. The van der Waals surface area contributed by atoms with Crippen LogP contribution in [-0.2, 0) is 18.3 Å². The molecule has 0 aliphatic carbocycles. The Morgan fingerprint density at radius 2 is 2.47 bits per heavy atom. The van der Waals surface area contributed by atoms with E-state index in [1.807, 2.05) is 13.2 Å². The number of carbonyl (C=O) groups is 1. The van der Waals surface area contributed by atoms with Crippen molar-refractivity contribution >= 4 is 5.97 Å². The number of rotatable bonds is 6. The second-order valence-corrected chi connectivity index (χ2v) is 3.36. The van der Waals surface area contributed by atoms with Crippen LogP contribution in [0.15, 0.2) is 24.5 Å². The Morgan fingerprint density at radius 1 is 1.73 bits per heavy atom. The van der Waals surface area contributed by atoms with Crippen molar-refractivity contribution in [1.29, 1.82) is 0 Å². The first kappa shape index (κ1) is 11.5. The SMILES string of the molecule is C=C(CNCCc1cnn(C)c1)C(=O)O. The maximum atomic E-state index is 10.4. The number of carboxylic acids is 1. The average molecular weight is 209 g/mol. The molecule has 0 radical (unpaired) electrons. The fraction of sp³-hybridized carbons (Fsp3) is 0.400. The van der Waals surface area contributed by atoms with E-state index in [0.29, 0.717) is 6.54 Å². The molecule has 2 N–H and O–H groups in total. The van der Waals surface area contributed by atoms with Crippen LogP contribution in [0.1, 0.15) is 5.56 Å². The second-order valence-electron chi connectivity index (χ2n) is 3.36. The van der Waals surface area contributed by atoms with Crippen LogP contribution in [-0.4, -0.2) is 33.9 Å². The van der Waals surface area contributed by atoms with Crippen molar-refractivity contribution in [3.05, 3.63) is 30.1 Å². The lowest BCUT2D eigenvalue weighted by Crippen LogP contribution is -2.22. The van der Waals surface area contributed by atoms with Crippen LogP contribution < -0.4 is 5.32 Å². The standard InChI is InChI=1S/C10H15N3O2/c1-8(10(14)15)5-11-4-3-9-6-12-13(2)7-9/h6-7,11H,1,3-5H2,2H3,(H,14,15). The predicted octanol–water partition coefficient (Wildman–Crippen LogP) is 0.193. The highest BCUT2D eigenvalue weighted by Gasteiger charge is 2.02. The summed E-state index contributed by atoms with van der Waals surface area (Å²) in [5.74, 6) is -0.955. The zero-order chi connectivity index (χ0) is 11.3. The van der Waals surface area contributed by atoms with Gasteiger partial charge < -0.3 is 10.4 Å². The molecule has 0 fully saturated rings. The minimum Gasteiger partial charge on any atom is -0.478 e. The predicted molar refractivity (Wildman–Crippen MR) is 56.6 cm³/mol. The number of hydrogen-bond donors (Lipinski definition) is 2. The molecule has 0 spiro atoms. The van der Waals surface area contributed by atoms with Gasteiger partial charge in [0, 0.05) is 25.4 Å². The van der Waals surface area contributed by atoms with Crippen LogP contribution in [0.3, 0.4) is 0 Å². The number of hydrogen-bond acceptors (Lipinski definition) is 3. The van der Waals surface area contributed by atoms with Crippen molar-refractivity contribution in [2.75, 3.05) is 13.1 Å². The summed E-state index contributed by atoms with van der Waals surface area (Å²) in [6, 6.07) is 0. The van der Waals surface area contributed by atoms with E-state index in [4.69, 9.17) is 5.11 Å². The Hall–Kier alpha value is -1.62. The molecule has 0 atom stereocenters. The monoisotopic (exact) mass is 209 g/mol. The maximum Gasteiger partial charge on any atom is 0.332 e. The van der Waals surface area contributed by atoms with E-state index in [1.54, 1.807) is 10.9 Å². The quantitative estimate of drug-likeness (QED) is 0.518. The van der Waals surface area contributed by atoms with Crippen LogP contribution in [0.5, 0.6) is 0 Å². The van der Waals surface area contributed by atoms with Gasteiger partial charge in [-0.1, -0.05) is 6.58 Å². The lowest BCUT2D eigenvalue weighted by molar-refractivity contribution is -0.132. The number of aryl methyl sites for hydroxylation is 1. The topological polar surface area (TPSA) is 67.2 Å². The minimum absolute atomic E-state index is 0.182. The zero-order valence-corrected chi connectivity index (χ0v) is 8.73. The van der Waals surface area contributed by atoms with E-state index in [0.717, 1.165) is 18.5 Å². The molecule has 0 aromatic carbocycles. The molecule has 0 unspecified atom stereocenters. The van der Waals surface area contributed by atoms with E-state index in [9.17, 15) is 4.79 Å². The Bertz CT molecular complexity index is 357. The van der Waals surface area contributed by atoms with Gasteiger partial charge in [0.25, 0.3) is 0 Å². The summed E-state index contributed by atoms with van der Waals surface area (Å²) < 4.78 is 1.74. The molecule has 0 bridgehead atoms. The molecular formula is C10H15N3O2. The van der Waals surface area contributed by atoms with Gasteiger partial charge in [-0.25, -0.2) is 4.79 Å². The molecule has 0 saturated heterocycles. The maximum absolute atomic E-state index is 10.4. The van der Waals surface area contributed by atoms with Crippen molar-refractivity contribution in [3.63, 3.8) is 0 Å². The fourth-order valence-corrected chi connectivity index (χ4v) is 1.15. The van der Waals surface area contributed by atoms with Crippen molar-refractivity contribution in [2.45, 2.75) is 6.42 Å². The van der Waals surface area contributed by atoms with E-state index in [-0.39, 0.29) is 5.57 Å². The molecule has 1 aromatic heterocycles. The third-order valence-corrected chi connectivity index (χ3v) is 1.99. The molecule has 0 amide bonds. The van der Waals surface area contributed by atoms with Crippen molar-refractivity contribution in [2.24, 2.45) is 7.05 Å². The number of carboxylic acid groups (broad SMARTS) is 1. The van der Waals surface area contributed by atoms with Crippen LogP contribution in [0.25, 0.3) is 0 Å². The largest absolute Gasteiger partial charge is 0.478 e. The van der Waals surface area contributed by atoms with Crippen LogP contribution in [0, 0.1) is 0 Å².